The van der Waals surface area contributed by atoms with Crippen molar-refractivity contribution in [2.24, 2.45) is 0 Å². The number of benzene rings is 1. The Morgan fingerprint density at radius 1 is 1.52 bits per heavy atom. The van der Waals surface area contributed by atoms with Crippen LogP contribution in [-0.2, 0) is 4.74 Å². The van der Waals surface area contributed by atoms with E-state index in [1.807, 2.05) is 11.0 Å². The zero-order chi connectivity index (χ0) is 15.4. The summed E-state index contributed by atoms with van der Waals surface area (Å²) >= 11 is 0. The molecule has 0 radical (unpaired) electrons. The van der Waals surface area contributed by atoms with Crippen molar-refractivity contribution in [1.29, 1.82) is 0 Å². The predicted octanol–water partition coefficient (Wildman–Crippen LogP) is 2.08. The maximum absolute atomic E-state index is 11.1. The summed E-state index contributed by atoms with van der Waals surface area (Å²) in [6.07, 6.45) is 2.70. The van der Waals surface area contributed by atoms with Gasteiger partial charge in [-0.05, 0) is 24.1 Å². The summed E-state index contributed by atoms with van der Waals surface area (Å²) in [5.41, 5.74) is 1.45. The Hall–Kier alpha value is -2.41. The molecule has 0 aromatic heterocycles. The monoisotopic (exact) mass is 292 g/mol. The van der Waals surface area contributed by atoms with E-state index in [1.54, 1.807) is 7.11 Å². The molecule has 1 N–H and O–H groups in total. The molecule has 1 aliphatic heterocycles. The van der Waals surface area contributed by atoms with Gasteiger partial charge in [0.2, 0.25) is 0 Å². The minimum Gasteiger partial charge on any atom is -0.478 e. The van der Waals surface area contributed by atoms with Crippen LogP contribution in [0.4, 0.5) is 11.4 Å². The van der Waals surface area contributed by atoms with Crippen LogP contribution in [-0.4, -0.2) is 42.8 Å². The molecule has 1 aromatic rings. The van der Waals surface area contributed by atoms with Gasteiger partial charge in [-0.3, -0.25) is 10.1 Å². The molecule has 0 bridgehead atoms. The molecule has 0 unspecified atom stereocenters. The number of hydrogen-bond donors (Lipinski definition) is 1. The van der Waals surface area contributed by atoms with Gasteiger partial charge in [0, 0.05) is 26.3 Å². The Morgan fingerprint density at radius 2 is 2.29 bits per heavy atom. The molecule has 1 aromatic carbocycles. The minimum atomic E-state index is -1.10. The van der Waals surface area contributed by atoms with Gasteiger partial charge in [0.15, 0.2) is 0 Å². The van der Waals surface area contributed by atoms with E-state index in [-0.39, 0.29) is 11.3 Å². The van der Waals surface area contributed by atoms with Gasteiger partial charge in [-0.15, -0.1) is 0 Å². The standard InChI is InChI=1S/C14H16N2O5/c1-21-9-10-4-6-15(7-5-10)13-8-11(14(17)18)2-3-12(13)16(19)20/h2-4,8H,5-7,9H2,1H3,(H,17,18). The molecule has 0 saturated carbocycles. The number of anilines is 1. The van der Waals surface area contributed by atoms with Crippen molar-refractivity contribution in [3.63, 3.8) is 0 Å². The maximum atomic E-state index is 11.1. The third kappa shape index (κ3) is 3.38. The molecule has 7 nitrogen and oxygen atoms in total. The number of carboxylic acids is 1. The normalized spacial score (nSPS) is 14.7. The van der Waals surface area contributed by atoms with Gasteiger partial charge in [-0.2, -0.15) is 0 Å². The van der Waals surface area contributed by atoms with Gasteiger partial charge >= 0.3 is 5.97 Å². The first-order valence-corrected chi connectivity index (χ1v) is 6.46. The Balaban J connectivity index is 2.31. The van der Waals surface area contributed by atoms with Gasteiger partial charge in [-0.1, -0.05) is 6.08 Å². The lowest BCUT2D eigenvalue weighted by molar-refractivity contribution is -0.384. The number of aromatic carboxylic acids is 1. The minimum absolute atomic E-state index is 0.0438. The summed E-state index contributed by atoms with van der Waals surface area (Å²) in [6.45, 7) is 1.65. The number of rotatable bonds is 5. The zero-order valence-corrected chi connectivity index (χ0v) is 11.6. The number of nitro groups is 1. The molecule has 2 rings (SSSR count). The van der Waals surface area contributed by atoms with Crippen molar-refractivity contribution in [3.05, 3.63) is 45.5 Å². The lowest BCUT2D eigenvalue weighted by Gasteiger charge is -2.28. The highest BCUT2D eigenvalue weighted by atomic mass is 16.6. The van der Waals surface area contributed by atoms with Crippen LogP contribution in [0, 0.1) is 10.1 Å². The van der Waals surface area contributed by atoms with Crippen LogP contribution in [0.15, 0.2) is 29.8 Å². The van der Waals surface area contributed by atoms with Gasteiger partial charge < -0.3 is 14.7 Å². The van der Waals surface area contributed by atoms with Gasteiger partial charge in [0.1, 0.15) is 5.69 Å². The SMILES string of the molecule is COCC1=CCN(c2cc(C(=O)O)ccc2[N+](=O)[O-])CC1. The largest absolute Gasteiger partial charge is 0.478 e. The highest BCUT2D eigenvalue weighted by Gasteiger charge is 2.23. The molecule has 0 amide bonds. The average molecular weight is 292 g/mol. The Bertz CT molecular complexity index is 597. The number of carbonyl (C=O) groups is 1. The third-order valence-corrected chi connectivity index (χ3v) is 3.39. The van der Waals surface area contributed by atoms with Crippen LogP contribution in [0.1, 0.15) is 16.8 Å². The molecule has 7 heteroatoms. The number of hydrogen-bond acceptors (Lipinski definition) is 5. The molecule has 0 atom stereocenters. The van der Waals surface area contributed by atoms with E-state index >= 15 is 0 Å². The van der Waals surface area contributed by atoms with Crippen LogP contribution in [0.2, 0.25) is 0 Å². The van der Waals surface area contributed by atoms with E-state index < -0.39 is 10.9 Å². The molecule has 0 saturated heterocycles. The van der Waals surface area contributed by atoms with Crippen molar-refractivity contribution in [3.8, 4) is 0 Å². The fourth-order valence-electron chi connectivity index (χ4n) is 2.31. The van der Waals surface area contributed by atoms with Crippen LogP contribution >= 0.6 is 0 Å². The number of ether oxygens (including phenoxy) is 1. The zero-order valence-electron chi connectivity index (χ0n) is 11.6. The molecule has 112 valence electrons. The van der Waals surface area contributed by atoms with Gasteiger partial charge in [-0.25, -0.2) is 4.79 Å². The molecular formula is C14H16N2O5. The molecule has 21 heavy (non-hydrogen) atoms. The smallest absolute Gasteiger partial charge is 0.335 e. The van der Waals surface area contributed by atoms with E-state index in [0.717, 1.165) is 12.0 Å². The summed E-state index contributed by atoms with van der Waals surface area (Å²) < 4.78 is 5.06. The number of carboxylic acid groups (broad SMARTS) is 1. The quantitative estimate of drug-likeness (QED) is 0.507. The lowest BCUT2D eigenvalue weighted by Crippen LogP contribution is -2.30. The molecule has 1 aliphatic rings. The molecule has 0 spiro atoms. The first-order valence-electron chi connectivity index (χ1n) is 6.46. The van der Waals surface area contributed by atoms with E-state index in [1.165, 1.54) is 18.2 Å². The second kappa shape index (κ2) is 6.36. The summed E-state index contributed by atoms with van der Waals surface area (Å²) in [4.78, 5) is 23.5. The fraction of sp³-hybridized carbons (Fsp3) is 0.357. The van der Waals surface area contributed by atoms with E-state index in [9.17, 15) is 14.9 Å². The summed E-state index contributed by atoms with van der Waals surface area (Å²) in [6, 6.07) is 3.85. The number of nitrogens with zero attached hydrogens (tertiary/aromatic N) is 2. The van der Waals surface area contributed by atoms with Crippen molar-refractivity contribution in [2.75, 3.05) is 31.7 Å². The first-order chi connectivity index (χ1) is 10.0. The van der Waals surface area contributed by atoms with E-state index in [2.05, 4.69) is 0 Å². The van der Waals surface area contributed by atoms with Gasteiger partial charge in [0.05, 0.1) is 17.1 Å². The number of methoxy groups -OCH3 is 1. The van der Waals surface area contributed by atoms with Crippen molar-refractivity contribution >= 4 is 17.3 Å². The van der Waals surface area contributed by atoms with Gasteiger partial charge in [0.25, 0.3) is 5.69 Å². The van der Waals surface area contributed by atoms with Crippen molar-refractivity contribution < 1.29 is 19.6 Å². The Morgan fingerprint density at radius 3 is 2.81 bits per heavy atom. The summed E-state index contributed by atoms with van der Waals surface area (Å²) in [7, 11) is 1.62. The molecule has 1 heterocycles. The average Bonchev–Trinajstić information content (AvgIpc) is 2.47. The second-order valence-corrected chi connectivity index (χ2v) is 4.76. The van der Waals surface area contributed by atoms with Crippen molar-refractivity contribution in [1.82, 2.24) is 0 Å². The van der Waals surface area contributed by atoms with Crippen LogP contribution in [0.3, 0.4) is 0 Å². The maximum Gasteiger partial charge on any atom is 0.335 e. The van der Waals surface area contributed by atoms with E-state index in [4.69, 9.17) is 9.84 Å². The number of nitro benzene ring substituents is 1. The van der Waals surface area contributed by atoms with Crippen LogP contribution < -0.4 is 4.90 Å². The van der Waals surface area contributed by atoms with E-state index in [0.29, 0.717) is 25.4 Å². The Labute approximate surface area is 121 Å². The first kappa shape index (κ1) is 15.0. The highest BCUT2D eigenvalue weighted by molar-refractivity contribution is 5.90. The summed E-state index contributed by atoms with van der Waals surface area (Å²) in [5, 5.41) is 20.1. The lowest BCUT2D eigenvalue weighted by atomic mass is 10.1. The predicted molar refractivity (Wildman–Crippen MR) is 76.8 cm³/mol. The highest BCUT2D eigenvalue weighted by Crippen LogP contribution is 2.31. The third-order valence-electron chi connectivity index (χ3n) is 3.39. The second-order valence-electron chi connectivity index (χ2n) is 4.76. The Kier molecular flexibility index (Phi) is 4.54. The van der Waals surface area contributed by atoms with Crippen LogP contribution in [0.5, 0.6) is 0 Å². The molecular weight excluding hydrogens is 276 g/mol. The molecule has 0 aliphatic carbocycles. The fourth-order valence-corrected chi connectivity index (χ4v) is 2.31. The topological polar surface area (TPSA) is 92.9 Å². The molecule has 0 fully saturated rings. The van der Waals surface area contributed by atoms with Crippen molar-refractivity contribution in [2.45, 2.75) is 6.42 Å². The van der Waals surface area contributed by atoms with Crippen LogP contribution in [0.25, 0.3) is 0 Å². The summed E-state index contributed by atoms with van der Waals surface area (Å²) in [5.74, 6) is -1.10.